The summed E-state index contributed by atoms with van der Waals surface area (Å²) in [7, 11) is 0. The summed E-state index contributed by atoms with van der Waals surface area (Å²) in [5.74, 6) is -5.60. The molecule has 0 saturated carbocycles. The number of aromatic nitrogens is 2. The summed E-state index contributed by atoms with van der Waals surface area (Å²) < 4.78 is 5.19. The fourth-order valence-corrected chi connectivity index (χ4v) is 2.99. The van der Waals surface area contributed by atoms with Gasteiger partial charge in [-0.2, -0.15) is 0 Å². The van der Waals surface area contributed by atoms with Crippen LogP contribution in [0.3, 0.4) is 0 Å². The number of hydrogen-bond acceptors (Lipinski definition) is 7. The summed E-state index contributed by atoms with van der Waals surface area (Å²) in [6.07, 6.45) is 3.58. The molecule has 1 aromatic heterocycles. The lowest BCUT2D eigenvalue weighted by atomic mass is 10.0. The lowest BCUT2D eigenvalue weighted by Gasteiger charge is -2.14. The van der Waals surface area contributed by atoms with E-state index in [1.54, 1.807) is 12.3 Å². The molecule has 2 aromatic carbocycles. The van der Waals surface area contributed by atoms with Crippen molar-refractivity contribution in [3.63, 3.8) is 0 Å². The van der Waals surface area contributed by atoms with E-state index in [4.69, 9.17) is 9.84 Å². The van der Waals surface area contributed by atoms with Crippen LogP contribution in [0.2, 0.25) is 0 Å². The van der Waals surface area contributed by atoms with Crippen LogP contribution in [0.5, 0.6) is 5.75 Å². The highest BCUT2D eigenvalue weighted by molar-refractivity contribution is 6.14. The maximum Gasteiger partial charge on any atom is 0.340 e. The largest absolute Gasteiger partial charge is 0.507 e. The van der Waals surface area contributed by atoms with Gasteiger partial charge in [0.2, 0.25) is 0 Å². The van der Waals surface area contributed by atoms with E-state index in [1.807, 2.05) is 34.6 Å². The third-order valence-electron chi connectivity index (χ3n) is 4.58. The highest BCUT2D eigenvalue weighted by Gasteiger charge is 2.24. The van der Waals surface area contributed by atoms with Crippen LogP contribution in [-0.2, 0) is 4.74 Å². The van der Waals surface area contributed by atoms with Crippen molar-refractivity contribution in [2.24, 2.45) is 0 Å². The number of carboxylic acid groups (broad SMARTS) is 2. The van der Waals surface area contributed by atoms with E-state index < -0.39 is 46.3 Å². The molecule has 1 heterocycles. The molecule has 0 bridgehead atoms. The number of phenols is 1. The molecule has 11 nitrogen and oxygen atoms in total. The Hall–Kier alpha value is -4.67. The average molecular weight is 514 g/mol. The summed E-state index contributed by atoms with van der Waals surface area (Å²) in [4.78, 5) is 55.1. The number of aromatic hydroxyl groups is 1. The molecule has 11 heteroatoms. The van der Waals surface area contributed by atoms with Crippen molar-refractivity contribution >= 4 is 29.5 Å². The number of carbonyl (C=O) groups is 4. The van der Waals surface area contributed by atoms with E-state index in [9.17, 15) is 29.4 Å². The monoisotopic (exact) mass is 513 g/mol. The predicted molar refractivity (Wildman–Crippen MR) is 137 cm³/mol. The van der Waals surface area contributed by atoms with Crippen molar-refractivity contribution in [1.29, 1.82) is 0 Å². The Morgan fingerprint density at radius 1 is 0.919 bits per heavy atom. The number of aromatic amines is 1. The number of aromatic carboxylic acids is 2. The third-order valence-corrected chi connectivity index (χ3v) is 4.58. The van der Waals surface area contributed by atoms with Crippen molar-refractivity contribution < 1.29 is 39.2 Å². The molecule has 0 radical (unpaired) electrons. The standard InChI is InChI=1S/C22H19N3O8.2C2H6/c1-2-5-33-22(32)14-6-11(17-9-23-10-24-17)3-4-16(14)25-19(27)12-8-18(26)15(21(30)31)7-13(12)20(28)29;2*1-2/h3-4,6-10,26H,2,5H2,1H3,(H,23,24)(H,25,27)(H,28,29)(H,30,31);2*1-2H3. The first-order valence-corrected chi connectivity index (χ1v) is 11.7. The maximum absolute atomic E-state index is 12.9. The minimum atomic E-state index is -1.57. The Morgan fingerprint density at radius 3 is 2.11 bits per heavy atom. The van der Waals surface area contributed by atoms with Crippen molar-refractivity contribution in [2.45, 2.75) is 41.0 Å². The number of ether oxygens (including phenoxy) is 1. The molecule has 1 amide bonds. The Bertz CT molecular complexity index is 1240. The number of hydrogen-bond donors (Lipinski definition) is 5. The zero-order valence-corrected chi connectivity index (χ0v) is 21.3. The number of nitrogens with zero attached hydrogens (tertiary/aromatic N) is 1. The Balaban J connectivity index is 0.00000163. The van der Waals surface area contributed by atoms with Crippen molar-refractivity contribution in [1.82, 2.24) is 9.97 Å². The Kier molecular flexibility index (Phi) is 12.0. The second kappa shape index (κ2) is 14.7. The third kappa shape index (κ3) is 7.66. The van der Waals surface area contributed by atoms with Crippen molar-refractivity contribution in [2.75, 3.05) is 11.9 Å². The van der Waals surface area contributed by atoms with Gasteiger partial charge in [0.15, 0.2) is 0 Å². The zero-order chi connectivity index (χ0) is 28.1. The van der Waals surface area contributed by atoms with Gasteiger partial charge in [-0.3, -0.25) is 4.79 Å². The van der Waals surface area contributed by atoms with Gasteiger partial charge in [-0.05, 0) is 30.7 Å². The number of benzene rings is 2. The summed E-state index contributed by atoms with van der Waals surface area (Å²) in [5.41, 5.74) is -0.558. The summed E-state index contributed by atoms with van der Waals surface area (Å²) in [5, 5.41) is 30.9. The van der Waals surface area contributed by atoms with Crippen LogP contribution in [0.25, 0.3) is 11.3 Å². The quantitative estimate of drug-likeness (QED) is 0.258. The van der Waals surface area contributed by atoms with Gasteiger partial charge in [-0.15, -0.1) is 0 Å². The van der Waals surface area contributed by atoms with Crippen LogP contribution < -0.4 is 5.32 Å². The van der Waals surface area contributed by atoms with Crippen LogP contribution in [0.1, 0.15) is 82.5 Å². The van der Waals surface area contributed by atoms with Gasteiger partial charge in [-0.25, -0.2) is 19.4 Å². The number of nitrogens with one attached hydrogen (secondary N) is 2. The lowest BCUT2D eigenvalue weighted by Crippen LogP contribution is -2.19. The van der Waals surface area contributed by atoms with Gasteiger partial charge >= 0.3 is 17.9 Å². The van der Waals surface area contributed by atoms with E-state index in [0.29, 0.717) is 23.7 Å². The molecule has 3 rings (SSSR count). The second-order valence-electron chi connectivity index (χ2n) is 6.84. The molecule has 5 N–H and O–H groups in total. The predicted octanol–water partition coefficient (Wildman–Crippen LogP) is 5.05. The SMILES string of the molecule is CC.CC.CCCOC(=O)c1cc(-c2cnc[nH]2)ccc1NC(=O)c1cc(O)c(C(=O)O)cc1C(=O)O. The molecular weight excluding hydrogens is 482 g/mol. The molecule has 3 aromatic rings. The van der Waals surface area contributed by atoms with Crippen LogP contribution >= 0.6 is 0 Å². The van der Waals surface area contributed by atoms with E-state index in [-0.39, 0.29) is 17.9 Å². The maximum atomic E-state index is 12.9. The second-order valence-corrected chi connectivity index (χ2v) is 6.84. The average Bonchev–Trinajstić information content (AvgIpc) is 3.44. The molecule has 37 heavy (non-hydrogen) atoms. The number of esters is 1. The molecule has 0 aliphatic heterocycles. The van der Waals surface area contributed by atoms with Crippen LogP contribution in [0.15, 0.2) is 42.9 Å². The van der Waals surface area contributed by atoms with Gasteiger partial charge in [0.25, 0.3) is 5.91 Å². The number of imidazole rings is 1. The minimum absolute atomic E-state index is 0.00662. The number of H-pyrrole nitrogens is 1. The van der Waals surface area contributed by atoms with Crippen molar-refractivity contribution in [3.8, 4) is 17.0 Å². The molecule has 0 aliphatic carbocycles. The summed E-state index contributed by atoms with van der Waals surface area (Å²) in [6, 6.07) is 5.94. The molecule has 0 aliphatic rings. The zero-order valence-electron chi connectivity index (χ0n) is 21.3. The highest BCUT2D eigenvalue weighted by Crippen LogP contribution is 2.27. The molecule has 0 atom stereocenters. The molecular formula is C26H31N3O8. The van der Waals surface area contributed by atoms with E-state index in [2.05, 4.69) is 15.3 Å². The highest BCUT2D eigenvalue weighted by atomic mass is 16.5. The van der Waals surface area contributed by atoms with Crippen molar-refractivity contribution in [3.05, 3.63) is 65.1 Å². The fourth-order valence-electron chi connectivity index (χ4n) is 2.99. The Morgan fingerprint density at radius 2 is 1.57 bits per heavy atom. The fraction of sp³-hybridized carbons (Fsp3) is 0.269. The number of anilines is 1. The minimum Gasteiger partial charge on any atom is -0.507 e. The van der Waals surface area contributed by atoms with Gasteiger partial charge < -0.3 is 30.4 Å². The normalized spacial score (nSPS) is 9.65. The van der Waals surface area contributed by atoms with Crippen LogP contribution in [0, 0.1) is 0 Å². The molecule has 0 fully saturated rings. The van der Waals surface area contributed by atoms with E-state index in [1.165, 1.54) is 18.5 Å². The van der Waals surface area contributed by atoms with Gasteiger partial charge in [0.1, 0.15) is 11.3 Å². The van der Waals surface area contributed by atoms with Gasteiger partial charge in [0.05, 0.1) is 47.2 Å². The topological polar surface area (TPSA) is 179 Å². The van der Waals surface area contributed by atoms with E-state index >= 15 is 0 Å². The summed E-state index contributed by atoms with van der Waals surface area (Å²) in [6.45, 7) is 9.96. The number of rotatable bonds is 8. The number of carboxylic acids is 2. The van der Waals surface area contributed by atoms with Crippen LogP contribution in [0.4, 0.5) is 5.69 Å². The smallest absolute Gasteiger partial charge is 0.340 e. The molecule has 0 saturated heterocycles. The number of carbonyl (C=O) groups excluding carboxylic acids is 2. The van der Waals surface area contributed by atoms with Gasteiger partial charge in [0, 0.05) is 5.56 Å². The van der Waals surface area contributed by atoms with Gasteiger partial charge in [-0.1, -0.05) is 40.7 Å². The first-order chi connectivity index (χ1) is 17.7. The molecule has 0 unspecified atom stereocenters. The lowest BCUT2D eigenvalue weighted by molar-refractivity contribution is 0.0505. The molecule has 0 spiro atoms. The Labute approximate surface area is 214 Å². The number of amides is 1. The first kappa shape index (κ1) is 30.4. The summed E-state index contributed by atoms with van der Waals surface area (Å²) >= 11 is 0. The first-order valence-electron chi connectivity index (χ1n) is 11.7. The van der Waals surface area contributed by atoms with Crippen LogP contribution in [-0.4, -0.2) is 55.7 Å². The molecule has 198 valence electrons. The van der Waals surface area contributed by atoms with E-state index in [0.717, 1.165) is 6.07 Å².